The van der Waals surface area contributed by atoms with Crippen molar-refractivity contribution in [2.75, 3.05) is 5.32 Å². The molecule has 0 bridgehead atoms. The van der Waals surface area contributed by atoms with Crippen molar-refractivity contribution < 1.29 is 0 Å². The topological polar surface area (TPSA) is 90.3 Å². The van der Waals surface area contributed by atoms with Crippen molar-refractivity contribution in [3.63, 3.8) is 0 Å². The SMILES string of the molecule is N#Cc1ccc(Cl)cc1Nc1nc(Cl)nc2[nH]ncc12. The number of anilines is 2. The van der Waals surface area contributed by atoms with Crippen LogP contribution >= 0.6 is 23.2 Å². The van der Waals surface area contributed by atoms with E-state index in [-0.39, 0.29) is 5.28 Å². The molecule has 0 saturated heterocycles. The van der Waals surface area contributed by atoms with Gasteiger partial charge in [0, 0.05) is 5.02 Å². The van der Waals surface area contributed by atoms with Crippen LogP contribution in [0.1, 0.15) is 5.56 Å². The number of benzene rings is 1. The average Bonchev–Trinajstić information content (AvgIpc) is 2.87. The molecule has 0 amide bonds. The van der Waals surface area contributed by atoms with Gasteiger partial charge in [0.15, 0.2) is 5.65 Å². The smallest absolute Gasteiger partial charge is 0.226 e. The van der Waals surface area contributed by atoms with Crippen LogP contribution in [0.2, 0.25) is 10.3 Å². The van der Waals surface area contributed by atoms with Crippen molar-refractivity contribution in [3.05, 3.63) is 40.3 Å². The second kappa shape index (κ2) is 4.96. The van der Waals surface area contributed by atoms with Gasteiger partial charge in [0.05, 0.1) is 22.8 Å². The molecular weight excluding hydrogens is 299 g/mol. The highest BCUT2D eigenvalue weighted by atomic mass is 35.5. The van der Waals surface area contributed by atoms with Crippen LogP contribution in [-0.2, 0) is 0 Å². The summed E-state index contributed by atoms with van der Waals surface area (Å²) in [4.78, 5) is 8.11. The lowest BCUT2D eigenvalue weighted by atomic mass is 10.2. The van der Waals surface area contributed by atoms with E-state index in [1.165, 1.54) is 0 Å². The number of halogens is 2. The van der Waals surface area contributed by atoms with Crippen LogP contribution in [0.15, 0.2) is 24.4 Å². The van der Waals surface area contributed by atoms with Crippen LogP contribution in [0.5, 0.6) is 0 Å². The highest BCUT2D eigenvalue weighted by molar-refractivity contribution is 6.31. The second-order valence-corrected chi connectivity index (χ2v) is 4.67. The lowest BCUT2D eigenvalue weighted by Crippen LogP contribution is -1.98. The number of aromatic nitrogens is 4. The molecule has 0 aliphatic rings. The number of nitrogens with zero attached hydrogens (tertiary/aromatic N) is 4. The molecule has 0 aliphatic heterocycles. The Morgan fingerprint density at radius 2 is 2.10 bits per heavy atom. The maximum Gasteiger partial charge on any atom is 0.226 e. The first-order valence-electron chi connectivity index (χ1n) is 5.50. The van der Waals surface area contributed by atoms with Crippen molar-refractivity contribution in [1.82, 2.24) is 20.2 Å². The van der Waals surface area contributed by atoms with E-state index < -0.39 is 0 Å². The largest absolute Gasteiger partial charge is 0.338 e. The number of hydrogen-bond donors (Lipinski definition) is 2. The van der Waals surface area contributed by atoms with Gasteiger partial charge in [-0.1, -0.05) is 11.6 Å². The number of nitriles is 1. The molecule has 6 nitrogen and oxygen atoms in total. The molecule has 8 heteroatoms. The number of H-pyrrole nitrogens is 1. The van der Waals surface area contributed by atoms with Gasteiger partial charge in [-0.05, 0) is 29.8 Å². The van der Waals surface area contributed by atoms with Crippen molar-refractivity contribution in [2.24, 2.45) is 0 Å². The minimum atomic E-state index is 0.0739. The average molecular weight is 305 g/mol. The third kappa shape index (κ3) is 2.25. The molecule has 0 aliphatic carbocycles. The Balaban J connectivity index is 2.12. The van der Waals surface area contributed by atoms with E-state index in [4.69, 9.17) is 28.5 Å². The number of aromatic amines is 1. The molecule has 2 aromatic heterocycles. The van der Waals surface area contributed by atoms with Crippen molar-refractivity contribution in [3.8, 4) is 6.07 Å². The predicted molar refractivity (Wildman–Crippen MR) is 76.1 cm³/mol. The molecule has 0 atom stereocenters. The quantitative estimate of drug-likeness (QED) is 0.709. The van der Waals surface area contributed by atoms with Crippen molar-refractivity contribution in [2.45, 2.75) is 0 Å². The van der Waals surface area contributed by atoms with Crippen LogP contribution in [0, 0.1) is 11.3 Å². The summed E-state index contributed by atoms with van der Waals surface area (Å²) >= 11 is 11.8. The summed E-state index contributed by atoms with van der Waals surface area (Å²) in [6.45, 7) is 0. The van der Waals surface area contributed by atoms with Crippen LogP contribution < -0.4 is 5.32 Å². The van der Waals surface area contributed by atoms with Gasteiger partial charge in [0.25, 0.3) is 0 Å². The zero-order valence-corrected chi connectivity index (χ0v) is 11.4. The van der Waals surface area contributed by atoms with Gasteiger partial charge in [0.2, 0.25) is 5.28 Å². The number of nitrogens with one attached hydrogen (secondary N) is 2. The highest BCUT2D eigenvalue weighted by Gasteiger charge is 2.11. The molecule has 0 spiro atoms. The zero-order valence-electron chi connectivity index (χ0n) is 9.85. The Kier molecular flexibility index (Phi) is 3.14. The maximum atomic E-state index is 9.10. The Labute approximate surface area is 123 Å². The van der Waals surface area contributed by atoms with E-state index in [0.29, 0.717) is 33.1 Å². The molecule has 3 rings (SSSR count). The van der Waals surface area contributed by atoms with Crippen LogP contribution in [0.4, 0.5) is 11.5 Å². The monoisotopic (exact) mass is 304 g/mol. The Hall–Kier alpha value is -2.36. The van der Waals surface area contributed by atoms with Crippen LogP contribution in [-0.4, -0.2) is 20.2 Å². The van der Waals surface area contributed by atoms with E-state index in [9.17, 15) is 0 Å². The summed E-state index contributed by atoms with van der Waals surface area (Å²) < 4.78 is 0. The molecule has 2 N–H and O–H groups in total. The first kappa shape index (κ1) is 12.7. The van der Waals surface area contributed by atoms with Gasteiger partial charge in [-0.2, -0.15) is 20.3 Å². The van der Waals surface area contributed by atoms with Gasteiger partial charge >= 0.3 is 0 Å². The summed E-state index contributed by atoms with van der Waals surface area (Å²) in [5, 5.41) is 20.0. The predicted octanol–water partition coefficient (Wildman–Crippen LogP) is 3.27. The fourth-order valence-corrected chi connectivity index (χ4v) is 2.09. The fourth-order valence-electron chi connectivity index (χ4n) is 1.75. The fraction of sp³-hybridized carbons (Fsp3) is 0. The summed E-state index contributed by atoms with van der Waals surface area (Å²) in [6, 6.07) is 6.99. The third-order valence-corrected chi connectivity index (χ3v) is 3.04. The van der Waals surface area contributed by atoms with Crippen molar-refractivity contribution >= 4 is 45.7 Å². The highest BCUT2D eigenvalue weighted by Crippen LogP contribution is 2.27. The van der Waals surface area contributed by atoms with E-state index >= 15 is 0 Å². The van der Waals surface area contributed by atoms with Gasteiger partial charge in [-0.25, -0.2) is 0 Å². The van der Waals surface area contributed by atoms with E-state index in [1.54, 1.807) is 24.4 Å². The first-order valence-corrected chi connectivity index (χ1v) is 6.26. The van der Waals surface area contributed by atoms with Crippen LogP contribution in [0.25, 0.3) is 11.0 Å². The first-order chi connectivity index (χ1) is 9.67. The molecule has 0 unspecified atom stereocenters. The summed E-state index contributed by atoms with van der Waals surface area (Å²) in [6.07, 6.45) is 1.57. The van der Waals surface area contributed by atoms with E-state index in [2.05, 4.69) is 31.6 Å². The van der Waals surface area contributed by atoms with E-state index in [1.807, 2.05) is 0 Å². The number of rotatable bonds is 2. The lowest BCUT2D eigenvalue weighted by Gasteiger charge is -2.08. The molecule has 1 aromatic carbocycles. The summed E-state index contributed by atoms with van der Waals surface area (Å²) in [5.74, 6) is 0.451. The summed E-state index contributed by atoms with van der Waals surface area (Å²) in [5.41, 5.74) is 1.49. The van der Waals surface area contributed by atoms with Gasteiger partial charge in [-0.15, -0.1) is 0 Å². The maximum absolute atomic E-state index is 9.10. The van der Waals surface area contributed by atoms with Gasteiger partial charge < -0.3 is 5.32 Å². The number of fused-ring (bicyclic) bond motifs is 1. The molecule has 3 aromatic rings. The normalized spacial score (nSPS) is 10.4. The summed E-state index contributed by atoms with van der Waals surface area (Å²) in [7, 11) is 0. The Morgan fingerprint density at radius 1 is 1.25 bits per heavy atom. The van der Waals surface area contributed by atoms with Crippen molar-refractivity contribution in [1.29, 1.82) is 5.26 Å². The molecule has 0 fully saturated rings. The van der Waals surface area contributed by atoms with Crippen LogP contribution in [0.3, 0.4) is 0 Å². The van der Waals surface area contributed by atoms with Gasteiger partial charge in [0.1, 0.15) is 11.9 Å². The Bertz CT molecular complexity index is 836. The molecule has 0 saturated carbocycles. The molecule has 20 heavy (non-hydrogen) atoms. The minimum absolute atomic E-state index is 0.0739. The zero-order chi connectivity index (χ0) is 14.1. The molecular formula is C12H6Cl2N6. The number of hydrogen-bond acceptors (Lipinski definition) is 5. The lowest BCUT2D eigenvalue weighted by molar-refractivity contribution is 1.09. The second-order valence-electron chi connectivity index (χ2n) is 3.90. The molecule has 0 radical (unpaired) electrons. The molecule has 2 heterocycles. The standard InChI is InChI=1S/C12H6Cl2N6/c13-7-2-1-6(4-15)9(3-7)17-10-8-5-16-20-11(8)19-12(14)18-10/h1-3,5H,(H2,16,17,18,19,20). The minimum Gasteiger partial charge on any atom is -0.338 e. The molecule has 98 valence electrons. The third-order valence-electron chi connectivity index (χ3n) is 2.64. The Morgan fingerprint density at radius 3 is 2.90 bits per heavy atom. The van der Waals surface area contributed by atoms with Gasteiger partial charge in [-0.3, -0.25) is 5.10 Å². The van der Waals surface area contributed by atoms with E-state index in [0.717, 1.165) is 0 Å².